The van der Waals surface area contributed by atoms with Crippen LogP contribution in [0, 0.1) is 0 Å². The van der Waals surface area contributed by atoms with Gasteiger partial charge in [-0.05, 0) is 19.1 Å². The van der Waals surface area contributed by atoms with E-state index in [1.54, 1.807) is 52.3 Å². The summed E-state index contributed by atoms with van der Waals surface area (Å²) in [7, 11) is -3.51. The second kappa shape index (κ2) is 7.24. The highest BCUT2D eigenvalue weighted by Gasteiger charge is 2.30. The number of piperazine rings is 1. The SMILES string of the molecule is CCn1cc(NC(=O)N2CCN(S(=O)(=O)c3ccccc3)CC2)cn1. The first kappa shape index (κ1) is 17.4. The molecule has 2 aromatic rings. The first-order chi connectivity index (χ1) is 12.0. The van der Waals surface area contributed by atoms with Crippen molar-refractivity contribution in [3.05, 3.63) is 42.7 Å². The van der Waals surface area contributed by atoms with Crippen LogP contribution < -0.4 is 5.32 Å². The van der Waals surface area contributed by atoms with E-state index in [0.717, 1.165) is 6.54 Å². The minimum absolute atomic E-state index is 0.243. The van der Waals surface area contributed by atoms with E-state index < -0.39 is 10.0 Å². The van der Waals surface area contributed by atoms with Crippen molar-refractivity contribution < 1.29 is 13.2 Å². The zero-order valence-electron chi connectivity index (χ0n) is 14.0. The molecular formula is C16H21N5O3S. The third kappa shape index (κ3) is 3.83. The molecule has 0 saturated carbocycles. The van der Waals surface area contributed by atoms with Crippen LogP contribution in [0.3, 0.4) is 0 Å². The number of benzene rings is 1. The monoisotopic (exact) mass is 363 g/mol. The van der Waals surface area contributed by atoms with Gasteiger partial charge < -0.3 is 10.2 Å². The van der Waals surface area contributed by atoms with Gasteiger partial charge in [-0.15, -0.1) is 0 Å². The number of aromatic nitrogens is 2. The van der Waals surface area contributed by atoms with Crippen molar-refractivity contribution in [3.8, 4) is 0 Å². The smallest absolute Gasteiger partial charge is 0.322 e. The van der Waals surface area contributed by atoms with Crippen molar-refractivity contribution >= 4 is 21.7 Å². The van der Waals surface area contributed by atoms with Gasteiger partial charge in [-0.2, -0.15) is 9.40 Å². The van der Waals surface area contributed by atoms with Gasteiger partial charge in [0.15, 0.2) is 0 Å². The second-order valence-electron chi connectivity index (χ2n) is 5.72. The van der Waals surface area contributed by atoms with Crippen LogP contribution in [0.25, 0.3) is 0 Å². The molecule has 3 rings (SSSR count). The van der Waals surface area contributed by atoms with Gasteiger partial charge in [0.1, 0.15) is 0 Å². The number of nitrogens with zero attached hydrogens (tertiary/aromatic N) is 4. The molecule has 2 heterocycles. The number of hydrogen-bond acceptors (Lipinski definition) is 4. The lowest BCUT2D eigenvalue weighted by atomic mass is 10.4. The van der Waals surface area contributed by atoms with Gasteiger partial charge in [0, 0.05) is 38.9 Å². The Morgan fingerprint density at radius 1 is 1.16 bits per heavy atom. The van der Waals surface area contributed by atoms with Crippen LogP contribution in [-0.4, -0.2) is 59.6 Å². The molecule has 9 heteroatoms. The number of carbonyl (C=O) groups is 1. The molecule has 0 radical (unpaired) electrons. The summed E-state index contributed by atoms with van der Waals surface area (Å²) in [5.41, 5.74) is 0.631. The predicted molar refractivity (Wildman–Crippen MR) is 93.7 cm³/mol. The van der Waals surface area contributed by atoms with Gasteiger partial charge >= 0.3 is 6.03 Å². The van der Waals surface area contributed by atoms with Crippen LogP contribution in [-0.2, 0) is 16.6 Å². The maximum absolute atomic E-state index is 12.6. The second-order valence-corrected chi connectivity index (χ2v) is 7.66. The van der Waals surface area contributed by atoms with E-state index in [4.69, 9.17) is 0 Å². The summed E-state index contributed by atoms with van der Waals surface area (Å²) in [6, 6.07) is 8.11. The lowest BCUT2D eigenvalue weighted by Gasteiger charge is -2.33. The first-order valence-corrected chi connectivity index (χ1v) is 9.58. The Bertz CT molecular complexity index is 826. The fourth-order valence-corrected chi connectivity index (χ4v) is 4.12. The van der Waals surface area contributed by atoms with Gasteiger partial charge in [0.05, 0.1) is 16.8 Å². The molecule has 2 amide bonds. The van der Waals surface area contributed by atoms with Crippen molar-refractivity contribution in [2.45, 2.75) is 18.4 Å². The Balaban J connectivity index is 1.59. The van der Waals surface area contributed by atoms with Gasteiger partial charge in [-0.3, -0.25) is 4.68 Å². The molecule has 1 aliphatic rings. The van der Waals surface area contributed by atoms with Gasteiger partial charge in [0.25, 0.3) is 0 Å². The number of nitrogens with one attached hydrogen (secondary N) is 1. The van der Waals surface area contributed by atoms with E-state index >= 15 is 0 Å². The van der Waals surface area contributed by atoms with E-state index in [2.05, 4.69) is 10.4 Å². The molecule has 1 N–H and O–H groups in total. The Hall–Kier alpha value is -2.39. The Morgan fingerprint density at radius 2 is 1.84 bits per heavy atom. The minimum atomic E-state index is -3.51. The average molecular weight is 363 g/mol. The van der Waals surface area contributed by atoms with Crippen LogP contribution >= 0.6 is 0 Å². The number of anilines is 1. The highest BCUT2D eigenvalue weighted by atomic mass is 32.2. The fourth-order valence-electron chi connectivity index (χ4n) is 2.68. The highest BCUT2D eigenvalue weighted by molar-refractivity contribution is 7.89. The summed E-state index contributed by atoms with van der Waals surface area (Å²) in [5, 5.41) is 6.89. The molecule has 1 aromatic carbocycles. The molecule has 0 spiro atoms. The number of sulfonamides is 1. The molecule has 1 fully saturated rings. The quantitative estimate of drug-likeness (QED) is 0.890. The molecule has 0 unspecified atom stereocenters. The average Bonchev–Trinajstić information content (AvgIpc) is 3.10. The van der Waals surface area contributed by atoms with Crippen molar-refractivity contribution in [1.82, 2.24) is 19.0 Å². The van der Waals surface area contributed by atoms with Gasteiger partial charge in [0.2, 0.25) is 10.0 Å². The Labute approximate surface area is 147 Å². The number of carbonyl (C=O) groups excluding carboxylic acids is 1. The summed E-state index contributed by atoms with van der Waals surface area (Å²) < 4.78 is 28.3. The third-order valence-corrected chi connectivity index (χ3v) is 6.03. The lowest BCUT2D eigenvalue weighted by molar-refractivity contribution is 0.184. The normalized spacial score (nSPS) is 16.0. The predicted octanol–water partition coefficient (Wildman–Crippen LogP) is 1.44. The van der Waals surface area contributed by atoms with Crippen LogP contribution in [0.5, 0.6) is 0 Å². The summed E-state index contributed by atoms with van der Waals surface area (Å²) in [5.74, 6) is 0. The third-order valence-electron chi connectivity index (χ3n) is 4.12. The van der Waals surface area contributed by atoms with Crippen molar-refractivity contribution in [2.24, 2.45) is 0 Å². The molecule has 25 heavy (non-hydrogen) atoms. The lowest BCUT2D eigenvalue weighted by Crippen LogP contribution is -2.51. The highest BCUT2D eigenvalue weighted by Crippen LogP contribution is 2.17. The largest absolute Gasteiger partial charge is 0.322 e. The number of aryl methyl sites for hydroxylation is 1. The summed E-state index contributed by atoms with van der Waals surface area (Å²) in [6.07, 6.45) is 3.35. The van der Waals surface area contributed by atoms with E-state index in [1.165, 1.54) is 4.31 Å². The van der Waals surface area contributed by atoms with Crippen LogP contribution in [0.1, 0.15) is 6.92 Å². The minimum Gasteiger partial charge on any atom is -0.322 e. The van der Waals surface area contributed by atoms with Crippen molar-refractivity contribution in [1.29, 1.82) is 0 Å². The maximum Gasteiger partial charge on any atom is 0.322 e. The molecule has 134 valence electrons. The number of hydrogen-bond donors (Lipinski definition) is 1. The van der Waals surface area contributed by atoms with E-state index in [-0.39, 0.29) is 24.0 Å². The van der Waals surface area contributed by atoms with Crippen LogP contribution in [0.15, 0.2) is 47.6 Å². The molecule has 0 aliphatic carbocycles. The molecule has 1 aliphatic heterocycles. The maximum atomic E-state index is 12.6. The standard InChI is InChI=1S/C16H21N5O3S/c1-2-20-13-14(12-17-20)18-16(22)19-8-10-21(11-9-19)25(23,24)15-6-4-3-5-7-15/h3-7,12-13H,2,8-11H2,1H3,(H,18,22). The first-order valence-electron chi connectivity index (χ1n) is 8.14. The number of urea groups is 1. The van der Waals surface area contributed by atoms with E-state index in [0.29, 0.717) is 18.8 Å². The molecule has 1 aromatic heterocycles. The Morgan fingerprint density at radius 3 is 2.44 bits per heavy atom. The molecule has 1 saturated heterocycles. The van der Waals surface area contributed by atoms with Crippen LogP contribution in [0.2, 0.25) is 0 Å². The van der Waals surface area contributed by atoms with Crippen molar-refractivity contribution in [2.75, 3.05) is 31.5 Å². The summed E-state index contributed by atoms with van der Waals surface area (Å²) in [4.78, 5) is 14.2. The van der Waals surface area contributed by atoms with Crippen molar-refractivity contribution in [3.63, 3.8) is 0 Å². The number of amides is 2. The molecule has 8 nitrogen and oxygen atoms in total. The summed E-state index contributed by atoms with van der Waals surface area (Å²) in [6.45, 7) is 3.94. The molecule has 0 bridgehead atoms. The fraction of sp³-hybridized carbons (Fsp3) is 0.375. The summed E-state index contributed by atoms with van der Waals surface area (Å²) >= 11 is 0. The molecule has 0 atom stereocenters. The topological polar surface area (TPSA) is 87.5 Å². The van der Waals surface area contributed by atoms with Gasteiger partial charge in [-0.25, -0.2) is 13.2 Å². The number of rotatable bonds is 4. The van der Waals surface area contributed by atoms with E-state index in [9.17, 15) is 13.2 Å². The van der Waals surface area contributed by atoms with E-state index in [1.807, 2.05) is 6.92 Å². The Kier molecular flexibility index (Phi) is 5.05. The zero-order chi connectivity index (χ0) is 17.9. The zero-order valence-corrected chi connectivity index (χ0v) is 14.8. The van der Waals surface area contributed by atoms with Gasteiger partial charge in [-0.1, -0.05) is 18.2 Å². The van der Waals surface area contributed by atoms with Crippen LogP contribution in [0.4, 0.5) is 10.5 Å². The molecular weight excluding hydrogens is 342 g/mol.